The topological polar surface area (TPSA) is 29.5 Å². The van der Waals surface area contributed by atoms with Crippen LogP contribution >= 0.6 is 11.3 Å². The van der Waals surface area contributed by atoms with Crippen molar-refractivity contribution in [1.29, 1.82) is 0 Å². The van der Waals surface area contributed by atoms with E-state index in [4.69, 9.17) is 9.84 Å². The minimum atomic E-state index is -0.725. The lowest BCUT2D eigenvalue weighted by Crippen LogP contribution is -1.97. The van der Waals surface area contributed by atoms with E-state index >= 15 is 0 Å². The normalized spacial score (nSPS) is 9.84. The smallest absolute Gasteiger partial charge is 0.191 e. The Morgan fingerprint density at radius 3 is 2.58 bits per heavy atom. The Balaban J connectivity index is 2.04. The molecule has 0 saturated carbocycles. The molecular formula is C14H10F2O2S. The average molecular weight is 280 g/mol. The van der Waals surface area contributed by atoms with Crippen molar-refractivity contribution in [3.8, 4) is 17.6 Å². The zero-order valence-electron chi connectivity index (χ0n) is 9.82. The van der Waals surface area contributed by atoms with Crippen LogP contribution in [-0.4, -0.2) is 11.7 Å². The van der Waals surface area contributed by atoms with E-state index in [1.54, 1.807) is 12.1 Å². The van der Waals surface area contributed by atoms with Crippen LogP contribution in [0.2, 0.25) is 0 Å². The van der Waals surface area contributed by atoms with Gasteiger partial charge in [0.1, 0.15) is 13.2 Å². The van der Waals surface area contributed by atoms with E-state index in [1.807, 2.05) is 0 Å². The van der Waals surface area contributed by atoms with Gasteiger partial charge in [0, 0.05) is 4.88 Å². The number of aliphatic hydroxyl groups excluding tert-OH is 1. The first-order valence-electron chi connectivity index (χ1n) is 5.46. The third-order valence-electron chi connectivity index (χ3n) is 2.23. The van der Waals surface area contributed by atoms with Gasteiger partial charge in [-0.2, -0.15) is 0 Å². The molecule has 98 valence electrons. The van der Waals surface area contributed by atoms with E-state index in [2.05, 4.69) is 11.8 Å². The van der Waals surface area contributed by atoms with Crippen molar-refractivity contribution in [3.63, 3.8) is 0 Å². The maximum Gasteiger partial charge on any atom is 0.191 e. The number of aliphatic hydroxyl groups is 1. The maximum atomic E-state index is 13.3. The Morgan fingerprint density at radius 1 is 1.16 bits per heavy atom. The lowest BCUT2D eigenvalue weighted by atomic mass is 10.3. The molecular weight excluding hydrogens is 270 g/mol. The number of rotatable bonds is 3. The number of para-hydroxylation sites is 1. The molecule has 1 aromatic heterocycles. The minimum Gasteiger partial charge on any atom is -0.482 e. The standard InChI is InChI=1S/C14H10F2O2S/c15-12-4-1-5-13(16)14(12)18-9-11-7-6-10(19-11)3-2-8-17/h1,4-7,17H,8-9H2. The summed E-state index contributed by atoms with van der Waals surface area (Å²) in [5, 5.41) is 8.57. The van der Waals surface area contributed by atoms with Crippen molar-refractivity contribution in [2.45, 2.75) is 6.61 Å². The van der Waals surface area contributed by atoms with Gasteiger partial charge in [0.25, 0.3) is 0 Å². The predicted molar refractivity (Wildman–Crippen MR) is 69.0 cm³/mol. The Morgan fingerprint density at radius 2 is 1.89 bits per heavy atom. The molecule has 0 aliphatic rings. The fraction of sp³-hybridized carbons (Fsp3) is 0.143. The molecule has 0 aliphatic heterocycles. The molecule has 1 N–H and O–H groups in total. The molecule has 0 spiro atoms. The molecule has 1 heterocycles. The summed E-state index contributed by atoms with van der Waals surface area (Å²) in [6, 6.07) is 7.11. The highest BCUT2D eigenvalue weighted by atomic mass is 32.1. The quantitative estimate of drug-likeness (QED) is 0.876. The van der Waals surface area contributed by atoms with Gasteiger partial charge in [-0.05, 0) is 24.3 Å². The van der Waals surface area contributed by atoms with E-state index < -0.39 is 11.6 Å². The molecule has 0 atom stereocenters. The van der Waals surface area contributed by atoms with E-state index in [1.165, 1.54) is 17.4 Å². The molecule has 2 aromatic rings. The molecule has 0 saturated heterocycles. The van der Waals surface area contributed by atoms with Gasteiger partial charge in [-0.1, -0.05) is 17.9 Å². The van der Waals surface area contributed by atoms with Gasteiger partial charge >= 0.3 is 0 Å². The van der Waals surface area contributed by atoms with Crippen LogP contribution in [0.1, 0.15) is 9.75 Å². The Hall–Kier alpha value is -1.90. The van der Waals surface area contributed by atoms with Gasteiger partial charge in [0.2, 0.25) is 0 Å². The molecule has 0 radical (unpaired) electrons. The first kappa shape index (κ1) is 13.5. The number of hydrogen-bond acceptors (Lipinski definition) is 3. The van der Waals surface area contributed by atoms with E-state index in [-0.39, 0.29) is 19.0 Å². The zero-order chi connectivity index (χ0) is 13.7. The van der Waals surface area contributed by atoms with Gasteiger partial charge < -0.3 is 9.84 Å². The largest absolute Gasteiger partial charge is 0.482 e. The summed E-state index contributed by atoms with van der Waals surface area (Å²) in [6.07, 6.45) is 0. The fourth-order valence-corrected chi connectivity index (χ4v) is 2.21. The number of ether oxygens (including phenoxy) is 1. The second-order valence-electron chi connectivity index (χ2n) is 3.57. The molecule has 5 heteroatoms. The summed E-state index contributed by atoms with van der Waals surface area (Å²) >= 11 is 1.35. The highest BCUT2D eigenvalue weighted by Crippen LogP contribution is 2.23. The Labute approximate surface area is 113 Å². The second-order valence-corrected chi connectivity index (χ2v) is 4.73. The van der Waals surface area contributed by atoms with Crippen LogP contribution < -0.4 is 4.74 Å². The van der Waals surface area contributed by atoms with Crippen molar-refractivity contribution in [2.24, 2.45) is 0 Å². The average Bonchev–Trinajstić information content (AvgIpc) is 2.84. The van der Waals surface area contributed by atoms with E-state index in [0.29, 0.717) is 0 Å². The molecule has 2 nitrogen and oxygen atoms in total. The van der Waals surface area contributed by atoms with Crippen LogP contribution in [0.4, 0.5) is 8.78 Å². The fourth-order valence-electron chi connectivity index (χ4n) is 1.41. The summed E-state index contributed by atoms with van der Waals surface area (Å²) in [5.41, 5.74) is 0. The van der Waals surface area contributed by atoms with Crippen LogP contribution in [0.15, 0.2) is 30.3 Å². The molecule has 0 amide bonds. The lowest BCUT2D eigenvalue weighted by Gasteiger charge is -2.06. The van der Waals surface area contributed by atoms with Gasteiger partial charge in [-0.15, -0.1) is 11.3 Å². The Bertz CT molecular complexity index is 606. The number of benzene rings is 1. The number of hydrogen-bond donors (Lipinski definition) is 1. The van der Waals surface area contributed by atoms with E-state index in [0.717, 1.165) is 21.9 Å². The van der Waals surface area contributed by atoms with Gasteiger partial charge in [-0.3, -0.25) is 0 Å². The first-order chi connectivity index (χ1) is 9.20. The van der Waals surface area contributed by atoms with Crippen LogP contribution in [0.25, 0.3) is 0 Å². The van der Waals surface area contributed by atoms with Crippen LogP contribution in [0.3, 0.4) is 0 Å². The summed E-state index contributed by atoms with van der Waals surface area (Å²) in [4.78, 5) is 1.56. The second kappa shape index (κ2) is 6.32. The summed E-state index contributed by atoms with van der Waals surface area (Å²) < 4.78 is 31.8. The van der Waals surface area contributed by atoms with Gasteiger partial charge in [-0.25, -0.2) is 8.78 Å². The van der Waals surface area contributed by atoms with Crippen LogP contribution in [0.5, 0.6) is 5.75 Å². The number of thiophene rings is 1. The Kier molecular flexibility index (Phi) is 4.50. The first-order valence-corrected chi connectivity index (χ1v) is 6.27. The highest BCUT2D eigenvalue weighted by molar-refractivity contribution is 7.12. The molecule has 0 bridgehead atoms. The van der Waals surface area contributed by atoms with E-state index in [9.17, 15) is 8.78 Å². The SMILES string of the molecule is OCC#Cc1ccc(COc2c(F)cccc2F)s1. The molecule has 0 fully saturated rings. The summed E-state index contributed by atoms with van der Waals surface area (Å²) in [7, 11) is 0. The molecule has 0 unspecified atom stereocenters. The van der Waals surface area contributed by atoms with Crippen molar-refractivity contribution in [2.75, 3.05) is 6.61 Å². The van der Waals surface area contributed by atoms with Crippen molar-refractivity contribution < 1.29 is 18.6 Å². The molecule has 2 rings (SSSR count). The van der Waals surface area contributed by atoms with Gasteiger partial charge in [0.15, 0.2) is 17.4 Å². The van der Waals surface area contributed by atoms with Crippen LogP contribution in [-0.2, 0) is 6.61 Å². The third-order valence-corrected chi connectivity index (χ3v) is 3.20. The minimum absolute atomic E-state index is 0.0727. The van der Waals surface area contributed by atoms with Crippen molar-refractivity contribution in [3.05, 3.63) is 51.7 Å². The van der Waals surface area contributed by atoms with Gasteiger partial charge in [0.05, 0.1) is 4.88 Å². The van der Waals surface area contributed by atoms with Crippen molar-refractivity contribution >= 4 is 11.3 Å². The monoisotopic (exact) mass is 280 g/mol. The van der Waals surface area contributed by atoms with Crippen molar-refractivity contribution in [1.82, 2.24) is 0 Å². The third kappa shape index (κ3) is 3.53. The summed E-state index contributed by atoms with van der Waals surface area (Å²) in [6.45, 7) is -0.131. The molecule has 1 aromatic carbocycles. The number of halogens is 2. The molecule has 19 heavy (non-hydrogen) atoms. The summed E-state index contributed by atoms with van der Waals surface area (Å²) in [5.74, 6) is 3.45. The lowest BCUT2D eigenvalue weighted by molar-refractivity contribution is 0.277. The van der Waals surface area contributed by atoms with Crippen LogP contribution in [0, 0.1) is 23.5 Å². The molecule has 0 aliphatic carbocycles. The maximum absolute atomic E-state index is 13.3. The zero-order valence-corrected chi connectivity index (χ0v) is 10.6. The highest BCUT2D eigenvalue weighted by Gasteiger charge is 2.10. The predicted octanol–water partition coefficient (Wildman–Crippen LogP) is 2.95.